The first-order chi connectivity index (χ1) is 17.0. The number of pyridine rings is 2. The molecule has 7 heteroatoms. The highest BCUT2D eigenvalue weighted by molar-refractivity contribution is 5.95. The third-order valence-corrected chi connectivity index (χ3v) is 6.28. The summed E-state index contributed by atoms with van der Waals surface area (Å²) < 4.78 is 26.3. The molecular weight excluding hydrogens is 446 g/mol. The van der Waals surface area contributed by atoms with Crippen molar-refractivity contribution in [2.24, 2.45) is 0 Å². The Morgan fingerprint density at radius 2 is 1.83 bits per heavy atom. The molecule has 0 atom stereocenters. The van der Waals surface area contributed by atoms with Gasteiger partial charge >= 0.3 is 0 Å². The van der Waals surface area contributed by atoms with Crippen molar-refractivity contribution in [1.29, 1.82) is 0 Å². The van der Waals surface area contributed by atoms with Crippen LogP contribution in [0.2, 0.25) is 0 Å². The number of rotatable bonds is 7. The maximum Gasteiger partial charge on any atom is 0.263 e. The Kier molecular flexibility index (Phi) is 6.77. The summed E-state index contributed by atoms with van der Waals surface area (Å²) in [6, 6.07) is 19.4. The van der Waals surface area contributed by atoms with E-state index in [0.717, 1.165) is 36.3 Å². The third kappa shape index (κ3) is 5.52. The molecule has 4 aromatic rings. The first-order valence-corrected chi connectivity index (χ1v) is 11.8. The third-order valence-electron chi connectivity index (χ3n) is 6.28. The minimum Gasteiger partial charge on any atom is -0.324 e. The van der Waals surface area contributed by atoms with Crippen LogP contribution in [-0.2, 0) is 17.8 Å². The number of para-hydroxylation sites is 1. The van der Waals surface area contributed by atoms with Crippen LogP contribution in [0.5, 0.6) is 0 Å². The van der Waals surface area contributed by atoms with E-state index in [0.29, 0.717) is 22.5 Å². The van der Waals surface area contributed by atoms with Crippen LogP contribution in [0.4, 0.5) is 14.5 Å². The molecule has 0 bridgehead atoms. The average Bonchev–Trinajstić information content (AvgIpc) is 3.38. The number of aromatic nitrogens is 2. The predicted molar refractivity (Wildman–Crippen MR) is 133 cm³/mol. The van der Waals surface area contributed by atoms with Crippen LogP contribution in [0.1, 0.15) is 36.1 Å². The summed E-state index contributed by atoms with van der Waals surface area (Å²) in [5.41, 5.74) is 4.25. The number of fused-ring (bicyclic) bond motifs is 1. The maximum absolute atomic E-state index is 13.1. The van der Waals surface area contributed by atoms with E-state index in [-0.39, 0.29) is 17.9 Å². The number of nitrogens with one attached hydrogen (secondary N) is 1. The zero-order valence-electron chi connectivity index (χ0n) is 19.3. The first-order valence-electron chi connectivity index (χ1n) is 11.8. The molecule has 35 heavy (non-hydrogen) atoms. The number of hydrogen-bond donors (Lipinski definition) is 1. The van der Waals surface area contributed by atoms with Crippen LogP contribution in [0, 0.1) is 0 Å². The van der Waals surface area contributed by atoms with Crippen LogP contribution in [0.25, 0.3) is 22.2 Å². The summed E-state index contributed by atoms with van der Waals surface area (Å²) >= 11 is 0. The summed E-state index contributed by atoms with van der Waals surface area (Å²) in [6.07, 6.45) is 1.76. The van der Waals surface area contributed by atoms with Crippen molar-refractivity contribution in [2.75, 3.05) is 18.4 Å². The number of hydrogen-bond acceptors (Lipinski definition) is 4. The highest BCUT2D eigenvalue weighted by Gasteiger charge is 2.14. The average molecular weight is 473 g/mol. The number of likely N-dealkylation sites (tertiary alicyclic amines) is 1. The summed E-state index contributed by atoms with van der Waals surface area (Å²) in [5.74, 6) is -0.168. The fourth-order valence-corrected chi connectivity index (χ4v) is 4.49. The Bertz CT molecular complexity index is 1330. The Morgan fingerprint density at radius 1 is 1.00 bits per heavy atom. The van der Waals surface area contributed by atoms with Gasteiger partial charge in [0.2, 0.25) is 5.91 Å². The number of anilines is 1. The molecule has 0 spiro atoms. The second-order valence-electron chi connectivity index (χ2n) is 8.86. The number of benzene rings is 2. The smallest absolute Gasteiger partial charge is 0.263 e. The molecule has 1 amide bonds. The summed E-state index contributed by atoms with van der Waals surface area (Å²) in [5, 5.41) is 3.80. The molecule has 1 N–H and O–H groups in total. The quantitative estimate of drug-likeness (QED) is 0.358. The molecule has 0 unspecified atom stereocenters. The van der Waals surface area contributed by atoms with E-state index < -0.39 is 6.43 Å². The highest BCUT2D eigenvalue weighted by Crippen LogP contribution is 2.27. The van der Waals surface area contributed by atoms with E-state index in [2.05, 4.69) is 15.2 Å². The first kappa shape index (κ1) is 23.1. The minimum atomic E-state index is -2.54. The van der Waals surface area contributed by atoms with Gasteiger partial charge in [0.15, 0.2) is 0 Å². The van der Waals surface area contributed by atoms with Gasteiger partial charge in [-0.1, -0.05) is 42.5 Å². The van der Waals surface area contributed by atoms with Gasteiger partial charge in [0.1, 0.15) is 0 Å². The summed E-state index contributed by atoms with van der Waals surface area (Å²) in [6.45, 7) is 3.05. The van der Waals surface area contributed by atoms with E-state index in [1.54, 1.807) is 18.3 Å². The Morgan fingerprint density at radius 3 is 2.60 bits per heavy atom. The van der Waals surface area contributed by atoms with Crippen LogP contribution in [0.3, 0.4) is 0 Å². The van der Waals surface area contributed by atoms with Gasteiger partial charge in [-0.05, 0) is 55.8 Å². The van der Waals surface area contributed by atoms with Crippen molar-refractivity contribution in [3.05, 3.63) is 89.7 Å². The molecule has 2 aromatic heterocycles. The van der Waals surface area contributed by atoms with Gasteiger partial charge in [-0.2, -0.15) is 0 Å². The molecule has 1 fully saturated rings. The van der Waals surface area contributed by atoms with Gasteiger partial charge in [-0.15, -0.1) is 0 Å². The molecule has 5 rings (SSSR count). The summed E-state index contributed by atoms with van der Waals surface area (Å²) in [7, 11) is 0. The lowest BCUT2D eigenvalue weighted by Crippen LogP contribution is -2.19. The number of nitrogens with zero attached hydrogens (tertiary/aromatic N) is 3. The van der Waals surface area contributed by atoms with Crippen molar-refractivity contribution in [1.82, 2.24) is 14.9 Å². The van der Waals surface area contributed by atoms with Crippen molar-refractivity contribution in [2.45, 2.75) is 32.2 Å². The fourth-order valence-electron chi connectivity index (χ4n) is 4.49. The summed E-state index contributed by atoms with van der Waals surface area (Å²) in [4.78, 5) is 24.4. The van der Waals surface area contributed by atoms with Crippen molar-refractivity contribution < 1.29 is 13.6 Å². The maximum atomic E-state index is 13.1. The van der Waals surface area contributed by atoms with Crippen LogP contribution in [-0.4, -0.2) is 33.9 Å². The SMILES string of the molecule is O=C(Cc1cccc2ccc(-c3cccc(C(F)F)c3)nc12)Nc1ccc(CN2CCCC2)nc1. The van der Waals surface area contributed by atoms with Crippen LogP contribution >= 0.6 is 0 Å². The van der Waals surface area contributed by atoms with Gasteiger partial charge in [-0.25, -0.2) is 13.8 Å². The second-order valence-corrected chi connectivity index (χ2v) is 8.86. The molecule has 3 heterocycles. The van der Waals surface area contributed by atoms with Gasteiger partial charge in [0, 0.05) is 23.1 Å². The van der Waals surface area contributed by atoms with Crippen molar-refractivity contribution in [3.63, 3.8) is 0 Å². The highest BCUT2D eigenvalue weighted by atomic mass is 19.3. The molecule has 178 valence electrons. The molecule has 0 aliphatic carbocycles. The standard InChI is InChI=1S/C28H26F2N4O/c29-28(30)22-8-4-6-20(15-22)25-12-9-19-5-3-7-21(27(19)33-25)16-26(35)32-23-10-11-24(31-17-23)18-34-13-1-2-14-34/h3-12,15,17,28H,1-2,13-14,16,18H2,(H,32,35). The number of carbonyl (C=O) groups is 1. The largest absolute Gasteiger partial charge is 0.324 e. The lowest BCUT2D eigenvalue weighted by Gasteiger charge is -2.14. The lowest BCUT2D eigenvalue weighted by molar-refractivity contribution is -0.115. The zero-order valence-corrected chi connectivity index (χ0v) is 19.3. The molecule has 0 radical (unpaired) electrons. The lowest BCUT2D eigenvalue weighted by atomic mass is 10.0. The predicted octanol–water partition coefficient (Wildman–Crippen LogP) is 6.01. The zero-order chi connectivity index (χ0) is 24.2. The number of halogens is 2. The molecule has 1 aliphatic rings. The molecule has 1 saturated heterocycles. The van der Waals surface area contributed by atoms with E-state index in [1.807, 2.05) is 42.5 Å². The van der Waals surface area contributed by atoms with Crippen LogP contribution in [0.15, 0.2) is 72.9 Å². The van der Waals surface area contributed by atoms with E-state index >= 15 is 0 Å². The van der Waals surface area contributed by atoms with Crippen molar-refractivity contribution >= 4 is 22.5 Å². The number of amides is 1. The molecule has 5 nitrogen and oxygen atoms in total. The monoisotopic (exact) mass is 472 g/mol. The Balaban J connectivity index is 1.31. The fraction of sp³-hybridized carbons (Fsp3) is 0.250. The number of alkyl halides is 2. The van der Waals surface area contributed by atoms with Gasteiger partial charge in [0.25, 0.3) is 6.43 Å². The normalized spacial score (nSPS) is 14.0. The number of carbonyl (C=O) groups excluding carboxylic acids is 1. The van der Waals surface area contributed by atoms with E-state index in [4.69, 9.17) is 4.98 Å². The topological polar surface area (TPSA) is 58.1 Å². The van der Waals surface area contributed by atoms with Crippen LogP contribution < -0.4 is 5.32 Å². The Labute approximate surface area is 202 Å². The van der Waals surface area contributed by atoms with E-state index in [9.17, 15) is 13.6 Å². The Hall–Kier alpha value is -3.71. The molecule has 0 saturated carbocycles. The van der Waals surface area contributed by atoms with E-state index in [1.165, 1.54) is 25.0 Å². The van der Waals surface area contributed by atoms with Gasteiger partial charge in [-0.3, -0.25) is 14.7 Å². The molecular formula is C28H26F2N4O. The van der Waals surface area contributed by atoms with Gasteiger partial charge < -0.3 is 5.32 Å². The van der Waals surface area contributed by atoms with Gasteiger partial charge in [0.05, 0.1) is 35.2 Å². The minimum absolute atomic E-state index is 0.0443. The van der Waals surface area contributed by atoms with Crippen molar-refractivity contribution in [3.8, 4) is 11.3 Å². The molecule has 2 aromatic carbocycles. The second kappa shape index (κ2) is 10.3. The molecule has 1 aliphatic heterocycles.